The Hall–Kier alpha value is -2.24. The molecule has 2 N–H and O–H groups in total. The van der Waals surface area contributed by atoms with Crippen molar-refractivity contribution < 1.29 is 19.4 Å². The minimum atomic E-state index is -0.643. The summed E-state index contributed by atoms with van der Waals surface area (Å²) < 4.78 is 9.34. The van der Waals surface area contributed by atoms with Gasteiger partial charge in [0.15, 0.2) is 11.5 Å². The lowest BCUT2D eigenvalue weighted by Crippen LogP contribution is -2.18. The maximum absolute atomic E-state index is 10.8. The average molecular weight is 238 g/mol. The molecule has 0 bridgehead atoms. The fourth-order valence-corrected chi connectivity index (χ4v) is 1.14. The Kier molecular flexibility index (Phi) is 4.33. The molecule has 0 saturated heterocycles. The number of benzene rings is 1. The molecular weight excluding hydrogens is 224 g/mol. The quantitative estimate of drug-likeness (QED) is 0.617. The lowest BCUT2D eigenvalue weighted by atomic mass is 10.1. The lowest BCUT2D eigenvalue weighted by molar-refractivity contribution is 0.171. The molecule has 17 heavy (non-hydrogen) atoms. The molecule has 1 amide bonds. The minimum Gasteiger partial charge on any atom is -0.504 e. The van der Waals surface area contributed by atoms with Crippen LogP contribution in [0.5, 0.6) is 11.5 Å². The molecule has 0 fully saturated rings. The summed E-state index contributed by atoms with van der Waals surface area (Å²) in [5, 5.41) is 13.2. The van der Waals surface area contributed by atoms with E-state index in [0.717, 1.165) is 5.56 Å². The molecular formula is C11H14N2O4. The number of aromatic hydroxyl groups is 1. The number of carbonyl (C=O) groups is 1. The van der Waals surface area contributed by atoms with Gasteiger partial charge in [-0.3, -0.25) is 0 Å². The molecule has 0 heterocycles. The summed E-state index contributed by atoms with van der Waals surface area (Å²) in [6.45, 7) is 1.71. The summed E-state index contributed by atoms with van der Waals surface area (Å²) in [4.78, 5) is 10.8. The van der Waals surface area contributed by atoms with Crippen molar-refractivity contribution in [1.29, 1.82) is 0 Å². The van der Waals surface area contributed by atoms with Crippen molar-refractivity contribution in [3.8, 4) is 11.5 Å². The lowest BCUT2D eigenvalue weighted by Gasteiger charge is -2.06. The fourth-order valence-electron chi connectivity index (χ4n) is 1.14. The van der Waals surface area contributed by atoms with Crippen LogP contribution in [0, 0.1) is 0 Å². The smallest absolute Gasteiger partial charge is 0.427 e. The van der Waals surface area contributed by atoms with Gasteiger partial charge in [0.2, 0.25) is 0 Å². The van der Waals surface area contributed by atoms with Gasteiger partial charge in [0.05, 0.1) is 19.9 Å². The molecule has 0 aliphatic heterocycles. The molecule has 0 radical (unpaired) electrons. The highest BCUT2D eigenvalue weighted by molar-refractivity contribution is 5.99. The van der Waals surface area contributed by atoms with Gasteiger partial charge in [-0.2, -0.15) is 5.10 Å². The molecule has 0 aromatic heterocycles. The van der Waals surface area contributed by atoms with Crippen LogP contribution >= 0.6 is 0 Å². The first-order chi connectivity index (χ1) is 8.08. The third-order valence-corrected chi connectivity index (χ3v) is 2.10. The zero-order valence-corrected chi connectivity index (χ0v) is 9.85. The van der Waals surface area contributed by atoms with Gasteiger partial charge in [-0.15, -0.1) is 0 Å². The third kappa shape index (κ3) is 3.37. The molecule has 1 aromatic carbocycles. The Morgan fingerprint density at radius 3 is 2.71 bits per heavy atom. The monoisotopic (exact) mass is 238 g/mol. The van der Waals surface area contributed by atoms with E-state index in [1.165, 1.54) is 20.3 Å². The van der Waals surface area contributed by atoms with Crippen LogP contribution in [0.4, 0.5) is 4.79 Å². The SMILES string of the molecule is COC(=O)N/N=C(\C)c1ccc(O)c(OC)c1. The molecule has 0 atom stereocenters. The summed E-state index contributed by atoms with van der Waals surface area (Å²) in [6.07, 6.45) is -0.643. The van der Waals surface area contributed by atoms with Gasteiger partial charge < -0.3 is 14.6 Å². The number of phenolic OH excluding ortho intramolecular Hbond substituents is 1. The molecule has 0 aliphatic rings. The predicted molar refractivity (Wildman–Crippen MR) is 62.4 cm³/mol. The van der Waals surface area contributed by atoms with E-state index in [2.05, 4.69) is 15.3 Å². The van der Waals surface area contributed by atoms with Crippen LogP contribution in [0.1, 0.15) is 12.5 Å². The summed E-state index contributed by atoms with van der Waals surface area (Å²) in [5.74, 6) is 0.389. The van der Waals surface area contributed by atoms with E-state index in [9.17, 15) is 9.90 Å². The average Bonchev–Trinajstić information content (AvgIpc) is 2.35. The molecule has 6 nitrogen and oxygen atoms in total. The Morgan fingerprint density at radius 1 is 1.41 bits per heavy atom. The number of ether oxygens (including phenoxy) is 2. The van der Waals surface area contributed by atoms with Crippen molar-refractivity contribution in [2.45, 2.75) is 6.92 Å². The van der Waals surface area contributed by atoms with Crippen molar-refractivity contribution in [2.75, 3.05) is 14.2 Å². The van der Waals surface area contributed by atoms with Gasteiger partial charge in [-0.05, 0) is 25.1 Å². The van der Waals surface area contributed by atoms with Crippen LogP contribution < -0.4 is 10.2 Å². The topological polar surface area (TPSA) is 80.2 Å². The molecule has 1 aromatic rings. The second kappa shape index (κ2) is 5.74. The van der Waals surface area contributed by atoms with Crippen LogP contribution in [0.2, 0.25) is 0 Å². The van der Waals surface area contributed by atoms with Crippen LogP contribution in [0.3, 0.4) is 0 Å². The van der Waals surface area contributed by atoms with Gasteiger partial charge in [0.1, 0.15) is 0 Å². The summed E-state index contributed by atoms with van der Waals surface area (Å²) in [7, 11) is 2.71. The Morgan fingerprint density at radius 2 is 2.12 bits per heavy atom. The Balaban J connectivity index is 2.88. The van der Waals surface area contributed by atoms with Crippen molar-refractivity contribution in [3.05, 3.63) is 23.8 Å². The van der Waals surface area contributed by atoms with Crippen molar-refractivity contribution in [1.82, 2.24) is 5.43 Å². The standard InChI is InChI=1S/C11H14N2O4/c1-7(12-13-11(15)17-3)8-4-5-9(14)10(6-8)16-2/h4-6,14H,1-3H3,(H,13,15)/b12-7+. The highest BCUT2D eigenvalue weighted by Gasteiger charge is 2.05. The number of hydrogen-bond acceptors (Lipinski definition) is 5. The number of amides is 1. The van der Waals surface area contributed by atoms with Gasteiger partial charge in [0, 0.05) is 5.56 Å². The van der Waals surface area contributed by atoms with E-state index < -0.39 is 6.09 Å². The van der Waals surface area contributed by atoms with Crippen molar-refractivity contribution >= 4 is 11.8 Å². The third-order valence-electron chi connectivity index (χ3n) is 2.10. The summed E-state index contributed by atoms with van der Waals surface area (Å²) >= 11 is 0. The summed E-state index contributed by atoms with van der Waals surface area (Å²) in [6, 6.07) is 4.77. The highest BCUT2D eigenvalue weighted by Crippen LogP contribution is 2.26. The van der Waals surface area contributed by atoms with E-state index in [-0.39, 0.29) is 5.75 Å². The van der Waals surface area contributed by atoms with Gasteiger partial charge in [-0.25, -0.2) is 10.2 Å². The number of phenols is 1. The van der Waals surface area contributed by atoms with E-state index >= 15 is 0 Å². The van der Waals surface area contributed by atoms with Crippen LogP contribution in [0.15, 0.2) is 23.3 Å². The number of hydrogen-bond donors (Lipinski definition) is 2. The molecule has 0 unspecified atom stereocenters. The maximum atomic E-state index is 10.8. The first-order valence-electron chi connectivity index (χ1n) is 4.84. The van der Waals surface area contributed by atoms with E-state index in [1.54, 1.807) is 19.1 Å². The highest BCUT2D eigenvalue weighted by atomic mass is 16.5. The van der Waals surface area contributed by atoms with Crippen molar-refractivity contribution in [3.63, 3.8) is 0 Å². The summed E-state index contributed by atoms with van der Waals surface area (Å²) in [5.41, 5.74) is 3.49. The molecule has 1 rings (SSSR count). The van der Waals surface area contributed by atoms with Gasteiger partial charge in [-0.1, -0.05) is 0 Å². The molecule has 6 heteroatoms. The largest absolute Gasteiger partial charge is 0.504 e. The maximum Gasteiger partial charge on any atom is 0.427 e. The second-order valence-electron chi connectivity index (χ2n) is 3.19. The first kappa shape index (κ1) is 12.8. The number of carbonyl (C=O) groups excluding carboxylic acids is 1. The minimum absolute atomic E-state index is 0.0463. The van der Waals surface area contributed by atoms with Crippen LogP contribution in [-0.2, 0) is 4.74 Å². The van der Waals surface area contributed by atoms with Crippen molar-refractivity contribution in [2.24, 2.45) is 5.10 Å². The van der Waals surface area contributed by atoms with Gasteiger partial charge >= 0.3 is 6.09 Å². The normalized spacial score (nSPS) is 10.9. The number of hydrazone groups is 1. The first-order valence-corrected chi connectivity index (χ1v) is 4.84. The second-order valence-corrected chi connectivity index (χ2v) is 3.19. The van der Waals surface area contributed by atoms with E-state index in [0.29, 0.717) is 11.5 Å². The Bertz CT molecular complexity index is 443. The predicted octanol–water partition coefficient (Wildman–Crippen LogP) is 1.48. The van der Waals surface area contributed by atoms with Crippen LogP contribution in [0.25, 0.3) is 0 Å². The van der Waals surface area contributed by atoms with E-state index in [4.69, 9.17) is 4.74 Å². The molecule has 0 spiro atoms. The number of nitrogens with zero attached hydrogens (tertiary/aromatic N) is 1. The van der Waals surface area contributed by atoms with Gasteiger partial charge in [0.25, 0.3) is 0 Å². The molecule has 0 aliphatic carbocycles. The molecule has 0 saturated carbocycles. The fraction of sp³-hybridized carbons (Fsp3) is 0.273. The molecule has 92 valence electrons. The van der Waals surface area contributed by atoms with Crippen LogP contribution in [-0.4, -0.2) is 31.1 Å². The number of nitrogens with one attached hydrogen (secondary N) is 1. The van der Waals surface area contributed by atoms with E-state index in [1.807, 2.05) is 0 Å². The Labute approximate surface area is 98.9 Å². The zero-order chi connectivity index (χ0) is 12.8. The number of methoxy groups -OCH3 is 2. The zero-order valence-electron chi connectivity index (χ0n) is 9.85. The number of rotatable bonds is 3.